The maximum Gasteiger partial charge on any atom is 0.287 e. The molecule has 2 aromatic heterocycles. The van der Waals surface area contributed by atoms with Gasteiger partial charge in [-0.05, 0) is 43.9 Å². The molecule has 0 saturated carbocycles. The first-order valence-corrected chi connectivity index (χ1v) is 8.81. The zero-order valence-electron chi connectivity index (χ0n) is 14.1. The Labute approximate surface area is 146 Å². The highest BCUT2D eigenvalue weighted by Gasteiger charge is 2.39. The summed E-state index contributed by atoms with van der Waals surface area (Å²) in [7, 11) is 0. The topological polar surface area (TPSA) is 78.5 Å². The van der Waals surface area contributed by atoms with E-state index in [-0.39, 0.29) is 17.6 Å². The SMILES string of the molecule is O=C(NC1CCOC2(CCOCC2)C1)c1ccc(Cn2cccn2)o1. The monoisotopic (exact) mass is 345 g/mol. The third-order valence-corrected chi connectivity index (χ3v) is 4.99. The standard InChI is InChI=1S/C18H23N3O4/c22-17(16-3-2-15(25-16)13-21-8-1-7-19-21)20-14-4-9-24-18(12-14)5-10-23-11-6-18/h1-3,7-8,14H,4-6,9-13H2,(H,20,22). The van der Waals surface area contributed by atoms with Crippen molar-refractivity contribution < 1.29 is 18.7 Å². The minimum atomic E-state index is -0.166. The van der Waals surface area contributed by atoms with Gasteiger partial charge in [0.05, 0.1) is 12.1 Å². The zero-order chi connectivity index (χ0) is 17.1. The number of hydrogen-bond acceptors (Lipinski definition) is 5. The first-order chi connectivity index (χ1) is 12.2. The quantitative estimate of drug-likeness (QED) is 0.917. The molecule has 2 saturated heterocycles. The molecule has 1 N–H and O–H groups in total. The van der Waals surface area contributed by atoms with Crippen molar-refractivity contribution in [2.75, 3.05) is 19.8 Å². The van der Waals surface area contributed by atoms with E-state index in [1.807, 2.05) is 18.3 Å². The molecular formula is C18H23N3O4. The van der Waals surface area contributed by atoms with E-state index >= 15 is 0 Å². The molecule has 1 atom stereocenters. The molecule has 134 valence electrons. The number of nitrogens with zero attached hydrogens (tertiary/aromatic N) is 2. The third-order valence-electron chi connectivity index (χ3n) is 4.99. The highest BCUT2D eigenvalue weighted by molar-refractivity contribution is 5.91. The molecule has 2 aliphatic heterocycles. The molecule has 0 aromatic carbocycles. The van der Waals surface area contributed by atoms with Crippen LogP contribution in [0.1, 0.15) is 42.0 Å². The van der Waals surface area contributed by atoms with E-state index in [1.54, 1.807) is 16.9 Å². The van der Waals surface area contributed by atoms with Crippen molar-refractivity contribution in [2.24, 2.45) is 0 Å². The van der Waals surface area contributed by atoms with E-state index in [4.69, 9.17) is 13.9 Å². The van der Waals surface area contributed by atoms with Gasteiger partial charge in [0.2, 0.25) is 0 Å². The van der Waals surface area contributed by atoms with E-state index in [0.29, 0.717) is 24.7 Å². The Balaban J connectivity index is 1.36. The number of carbonyl (C=O) groups is 1. The minimum Gasteiger partial charge on any atom is -0.454 e. The van der Waals surface area contributed by atoms with Crippen LogP contribution in [0.15, 0.2) is 35.0 Å². The van der Waals surface area contributed by atoms with Gasteiger partial charge < -0.3 is 19.2 Å². The number of amides is 1. The fourth-order valence-corrected chi connectivity index (χ4v) is 3.64. The largest absolute Gasteiger partial charge is 0.454 e. The molecule has 7 nitrogen and oxygen atoms in total. The van der Waals surface area contributed by atoms with Gasteiger partial charge in [-0.15, -0.1) is 0 Å². The zero-order valence-corrected chi connectivity index (χ0v) is 14.1. The number of furan rings is 1. The van der Waals surface area contributed by atoms with E-state index in [2.05, 4.69) is 10.4 Å². The van der Waals surface area contributed by atoms with Crippen LogP contribution in [0.25, 0.3) is 0 Å². The number of aromatic nitrogens is 2. The number of ether oxygens (including phenoxy) is 2. The highest BCUT2D eigenvalue weighted by Crippen LogP contribution is 2.34. The van der Waals surface area contributed by atoms with Crippen LogP contribution in [0, 0.1) is 0 Å². The lowest BCUT2D eigenvalue weighted by molar-refractivity contribution is -0.139. The van der Waals surface area contributed by atoms with Crippen molar-refractivity contribution in [3.63, 3.8) is 0 Å². The number of nitrogens with one attached hydrogen (secondary N) is 1. The van der Waals surface area contributed by atoms with Crippen LogP contribution in [0.3, 0.4) is 0 Å². The Morgan fingerprint density at radius 3 is 3.00 bits per heavy atom. The van der Waals surface area contributed by atoms with Crippen LogP contribution in [0.5, 0.6) is 0 Å². The molecule has 25 heavy (non-hydrogen) atoms. The Bertz CT molecular complexity index is 698. The van der Waals surface area contributed by atoms with Crippen molar-refractivity contribution >= 4 is 5.91 Å². The average Bonchev–Trinajstić information content (AvgIpc) is 3.28. The van der Waals surface area contributed by atoms with Crippen molar-refractivity contribution in [3.8, 4) is 0 Å². The average molecular weight is 345 g/mol. The number of carbonyl (C=O) groups excluding carboxylic acids is 1. The summed E-state index contributed by atoms with van der Waals surface area (Å²) >= 11 is 0. The van der Waals surface area contributed by atoms with Crippen molar-refractivity contribution in [1.29, 1.82) is 0 Å². The normalized spacial score (nSPS) is 22.8. The molecule has 4 rings (SSSR count). The maximum atomic E-state index is 12.5. The first-order valence-electron chi connectivity index (χ1n) is 8.81. The van der Waals surface area contributed by atoms with Crippen molar-refractivity contribution in [2.45, 2.75) is 43.9 Å². The van der Waals surface area contributed by atoms with Gasteiger partial charge in [-0.3, -0.25) is 9.48 Å². The van der Waals surface area contributed by atoms with Gasteiger partial charge in [-0.2, -0.15) is 5.10 Å². The summed E-state index contributed by atoms with van der Waals surface area (Å²) in [5.41, 5.74) is -0.136. The maximum absolute atomic E-state index is 12.5. The van der Waals surface area contributed by atoms with Crippen LogP contribution in [-0.2, 0) is 16.0 Å². The molecule has 4 heterocycles. The van der Waals surface area contributed by atoms with Crippen LogP contribution in [0.4, 0.5) is 0 Å². The van der Waals surface area contributed by atoms with Gasteiger partial charge in [0.25, 0.3) is 5.91 Å². The summed E-state index contributed by atoms with van der Waals surface area (Å²) < 4.78 is 18.9. The summed E-state index contributed by atoms with van der Waals surface area (Å²) in [4.78, 5) is 12.5. The molecule has 1 amide bonds. The highest BCUT2D eigenvalue weighted by atomic mass is 16.5. The van der Waals surface area contributed by atoms with E-state index in [0.717, 1.165) is 38.9 Å². The molecule has 1 unspecified atom stereocenters. The van der Waals surface area contributed by atoms with Gasteiger partial charge >= 0.3 is 0 Å². The molecule has 7 heteroatoms. The van der Waals surface area contributed by atoms with E-state index in [1.165, 1.54) is 0 Å². The van der Waals surface area contributed by atoms with Crippen LogP contribution in [0.2, 0.25) is 0 Å². The predicted octanol–water partition coefficient (Wildman–Crippen LogP) is 1.98. The molecule has 2 aromatic rings. The molecule has 2 aliphatic rings. The smallest absolute Gasteiger partial charge is 0.287 e. The van der Waals surface area contributed by atoms with Gasteiger partial charge in [0.1, 0.15) is 5.76 Å². The Kier molecular flexibility index (Phi) is 4.59. The van der Waals surface area contributed by atoms with Crippen LogP contribution in [-0.4, -0.2) is 47.2 Å². The van der Waals surface area contributed by atoms with Gasteiger partial charge in [0.15, 0.2) is 5.76 Å². The second-order valence-electron chi connectivity index (χ2n) is 6.78. The molecule has 0 bridgehead atoms. The first kappa shape index (κ1) is 16.4. The summed E-state index contributed by atoms with van der Waals surface area (Å²) in [5.74, 6) is 0.886. The number of hydrogen-bond donors (Lipinski definition) is 1. The lowest BCUT2D eigenvalue weighted by atomic mass is 9.84. The molecule has 0 aliphatic carbocycles. The predicted molar refractivity (Wildman–Crippen MR) is 89.3 cm³/mol. The van der Waals surface area contributed by atoms with Gasteiger partial charge in [0, 0.05) is 38.3 Å². The van der Waals surface area contributed by atoms with E-state index < -0.39 is 0 Å². The van der Waals surface area contributed by atoms with Crippen LogP contribution < -0.4 is 5.32 Å². The van der Waals surface area contributed by atoms with Gasteiger partial charge in [-0.1, -0.05) is 0 Å². The third kappa shape index (κ3) is 3.77. The minimum absolute atomic E-state index is 0.110. The Morgan fingerprint density at radius 2 is 2.20 bits per heavy atom. The molecule has 1 spiro atoms. The summed E-state index contributed by atoms with van der Waals surface area (Å²) in [6.07, 6.45) is 7.03. The molecule has 0 radical (unpaired) electrons. The second kappa shape index (κ2) is 7.01. The van der Waals surface area contributed by atoms with E-state index in [9.17, 15) is 4.79 Å². The lowest BCUT2D eigenvalue weighted by Crippen LogP contribution is -2.51. The second-order valence-corrected chi connectivity index (χ2v) is 6.78. The van der Waals surface area contributed by atoms with Crippen molar-refractivity contribution in [3.05, 3.63) is 42.1 Å². The molecule has 2 fully saturated rings. The summed E-state index contributed by atoms with van der Waals surface area (Å²) in [6.45, 7) is 2.65. The summed E-state index contributed by atoms with van der Waals surface area (Å²) in [5, 5.41) is 7.24. The fraction of sp³-hybridized carbons (Fsp3) is 0.556. The Hall–Kier alpha value is -2.12. The van der Waals surface area contributed by atoms with Gasteiger partial charge in [-0.25, -0.2) is 0 Å². The summed E-state index contributed by atoms with van der Waals surface area (Å²) in [6, 6.07) is 5.51. The molecular weight excluding hydrogens is 322 g/mol. The fourth-order valence-electron chi connectivity index (χ4n) is 3.64. The van der Waals surface area contributed by atoms with Crippen molar-refractivity contribution in [1.82, 2.24) is 15.1 Å². The number of rotatable bonds is 4. The Morgan fingerprint density at radius 1 is 1.32 bits per heavy atom. The lowest BCUT2D eigenvalue weighted by Gasteiger charge is -2.43. The van der Waals surface area contributed by atoms with Crippen LogP contribution >= 0.6 is 0 Å².